The summed E-state index contributed by atoms with van der Waals surface area (Å²) in [4.78, 5) is 21.8. The van der Waals surface area contributed by atoms with E-state index in [2.05, 4.69) is 19.2 Å². The molecule has 14 heavy (non-hydrogen) atoms. The summed E-state index contributed by atoms with van der Waals surface area (Å²) >= 11 is 0. The lowest BCUT2D eigenvalue weighted by Gasteiger charge is -2.05. The molecule has 1 rings (SSSR count). The average Bonchev–Trinajstić information content (AvgIpc) is 2.39. The average molecular weight is 197 g/mol. The molecular formula is C10H15NO3. The van der Waals surface area contributed by atoms with E-state index in [1.165, 1.54) is 6.08 Å². The smallest absolute Gasteiger partial charge is 0.256 e. The van der Waals surface area contributed by atoms with Gasteiger partial charge in [0.1, 0.15) is 0 Å². The van der Waals surface area contributed by atoms with Crippen LogP contribution in [0.1, 0.15) is 20.3 Å². The summed E-state index contributed by atoms with van der Waals surface area (Å²) in [7, 11) is 0. The third kappa shape index (κ3) is 3.30. The monoisotopic (exact) mass is 197 g/mol. The Labute approximate surface area is 83.3 Å². The van der Waals surface area contributed by atoms with Crippen LogP contribution in [0.4, 0.5) is 0 Å². The van der Waals surface area contributed by atoms with Crippen LogP contribution in [0.15, 0.2) is 11.6 Å². The second-order valence-electron chi connectivity index (χ2n) is 3.72. The maximum absolute atomic E-state index is 11.0. The van der Waals surface area contributed by atoms with Crippen molar-refractivity contribution in [1.29, 1.82) is 0 Å². The van der Waals surface area contributed by atoms with E-state index in [4.69, 9.17) is 4.74 Å². The summed E-state index contributed by atoms with van der Waals surface area (Å²) in [5.41, 5.74) is 0.416. The van der Waals surface area contributed by atoms with E-state index in [0.717, 1.165) is 6.42 Å². The van der Waals surface area contributed by atoms with Crippen LogP contribution in [0.3, 0.4) is 0 Å². The Morgan fingerprint density at radius 2 is 2.14 bits per heavy atom. The van der Waals surface area contributed by atoms with Gasteiger partial charge in [-0.05, 0) is 12.3 Å². The number of hydrogen-bond donors (Lipinski definition) is 1. The molecule has 0 fully saturated rings. The minimum Gasteiger partial charge on any atom is -0.377 e. The van der Waals surface area contributed by atoms with Gasteiger partial charge in [-0.3, -0.25) is 14.9 Å². The molecule has 0 saturated heterocycles. The van der Waals surface area contributed by atoms with Crippen molar-refractivity contribution in [3.63, 3.8) is 0 Å². The van der Waals surface area contributed by atoms with Crippen molar-refractivity contribution < 1.29 is 14.3 Å². The van der Waals surface area contributed by atoms with Gasteiger partial charge >= 0.3 is 0 Å². The lowest BCUT2D eigenvalue weighted by atomic mass is 10.1. The second-order valence-corrected chi connectivity index (χ2v) is 3.72. The van der Waals surface area contributed by atoms with Gasteiger partial charge in [-0.25, -0.2) is 0 Å². The van der Waals surface area contributed by atoms with Crippen LogP contribution in [-0.4, -0.2) is 25.0 Å². The van der Waals surface area contributed by atoms with Crippen LogP contribution in [0.5, 0.6) is 0 Å². The molecule has 1 aliphatic rings. The molecule has 0 saturated carbocycles. The van der Waals surface area contributed by atoms with E-state index < -0.39 is 0 Å². The van der Waals surface area contributed by atoms with Crippen molar-refractivity contribution in [3.8, 4) is 0 Å². The quantitative estimate of drug-likeness (QED) is 0.519. The minimum absolute atomic E-state index is 0.226. The standard InChI is InChI=1S/C10H15NO3/c1-7(2)3-4-14-6-8-5-9(12)11-10(8)13/h5,7H,3-4,6H2,1-2H3,(H,11,12,13). The molecule has 0 atom stereocenters. The highest BCUT2D eigenvalue weighted by atomic mass is 16.5. The largest absolute Gasteiger partial charge is 0.377 e. The molecule has 4 heteroatoms. The molecular weight excluding hydrogens is 182 g/mol. The first-order valence-corrected chi connectivity index (χ1v) is 4.73. The first-order chi connectivity index (χ1) is 6.59. The number of carbonyl (C=O) groups excluding carboxylic acids is 2. The molecule has 1 aliphatic heterocycles. The SMILES string of the molecule is CC(C)CCOCC1=CC(=O)NC1=O. The molecule has 0 unspecified atom stereocenters. The molecule has 0 aromatic rings. The zero-order chi connectivity index (χ0) is 10.6. The minimum atomic E-state index is -0.350. The van der Waals surface area contributed by atoms with Crippen LogP contribution in [-0.2, 0) is 14.3 Å². The maximum atomic E-state index is 11.0. The van der Waals surface area contributed by atoms with Crippen molar-refractivity contribution in [2.75, 3.05) is 13.2 Å². The van der Waals surface area contributed by atoms with Crippen molar-refractivity contribution in [3.05, 3.63) is 11.6 Å². The molecule has 0 aromatic carbocycles. The van der Waals surface area contributed by atoms with Gasteiger partial charge in [0.05, 0.1) is 6.61 Å². The highest BCUT2D eigenvalue weighted by Crippen LogP contribution is 2.04. The molecule has 0 bridgehead atoms. The maximum Gasteiger partial charge on any atom is 0.256 e. The Kier molecular flexibility index (Phi) is 3.83. The molecule has 78 valence electrons. The number of carbonyl (C=O) groups is 2. The van der Waals surface area contributed by atoms with Crippen LogP contribution >= 0.6 is 0 Å². The van der Waals surface area contributed by atoms with E-state index in [9.17, 15) is 9.59 Å². The van der Waals surface area contributed by atoms with E-state index in [0.29, 0.717) is 18.1 Å². The third-order valence-corrected chi connectivity index (χ3v) is 1.93. The number of hydrogen-bond acceptors (Lipinski definition) is 3. The molecule has 0 aliphatic carbocycles. The molecule has 0 spiro atoms. The van der Waals surface area contributed by atoms with Gasteiger partial charge in [0, 0.05) is 18.3 Å². The Hall–Kier alpha value is -1.16. The van der Waals surface area contributed by atoms with Crippen LogP contribution in [0.2, 0.25) is 0 Å². The van der Waals surface area contributed by atoms with Crippen molar-refractivity contribution in [2.45, 2.75) is 20.3 Å². The van der Waals surface area contributed by atoms with Crippen LogP contribution in [0.25, 0.3) is 0 Å². The first kappa shape index (κ1) is 10.9. The fraction of sp³-hybridized carbons (Fsp3) is 0.600. The lowest BCUT2D eigenvalue weighted by Crippen LogP contribution is -2.23. The normalized spacial score (nSPS) is 16.1. The highest BCUT2D eigenvalue weighted by Gasteiger charge is 2.20. The zero-order valence-corrected chi connectivity index (χ0v) is 8.50. The fourth-order valence-electron chi connectivity index (χ4n) is 1.06. The van der Waals surface area contributed by atoms with Crippen molar-refractivity contribution >= 4 is 11.8 Å². The number of rotatable bonds is 5. The van der Waals surface area contributed by atoms with Gasteiger partial charge in [0.15, 0.2) is 0 Å². The summed E-state index contributed by atoms with van der Waals surface area (Å²) in [5, 5.41) is 2.17. The Morgan fingerprint density at radius 3 is 2.64 bits per heavy atom. The number of imide groups is 1. The summed E-state index contributed by atoms with van der Waals surface area (Å²) in [6.07, 6.45) is 2.25. The highest BCUT2D eigenvalue weighted by molar-refractivity contribution is 6.16. The second kappa shape index (κ2) is 4.91. The van der Waals surface area contributed by atoms with E-state index in [1.54, 1.807) is 0 Å². The first-order valence-electron chi connectivity index (χ1n) is 4.73. The number of amides is 2. The third-order valence-electron chi connectivity index (χ3n) is 1.93. The summed E-state index contributed by atoms with van der Waals surface area (Å²) < 4.78 is 5.27. The summed E-state index contributed by atoms with van der Waals surface area (Å²) in [6, 6.07) is 0. The predicted octanol–water partition coefficient (Wildman–Crippen LogP) is 0.632. The molecule has 2 amide bonds. The Balaban J connectivity index is 2.22. The van der Waals surface area contributed by atoms with Gasteiger partial charge < -0.3 is 4.74 Å². The Morgan fingerprint density at radius 1 is 1.43 bits per heavy atom. The molecule has 1 N–H and O–H groups in total. The van der Waals surface area contributed by atoms with Crippen molar-refractivity contribution in [1.82, 2.24) is 5.32 Å². The topological polar surface area (TPSA) is 55.4 Å². The van der Waals surface area contributed by atoms with Gasteiger partial charge in [-0.2, -0.15) is 0 Å². The van der Waals surface area contributed by atoms with E-state index >= 15 is 0 Å². The van der Waals surface area contributed by atoms with Gasteiger partial charge in [-0.1, -0.05) is 13.8 Å². The van der Waals surface area contributed by atoms with Crippen LogP contribution in [0, 0.1) is 5.92 Å². The lowest BCUT2D eigenvalue weighted by molar-refractivity contribution is -0.124. The summed E-state index contributed by atoms with van der Waals surface area (Å²) in [6.45, 7) is 5.06. The number of nitrogens with one attached hydrogen (secondary N) is 1. The van der Waals surface area contributed by atoms with Gasteiger partial charge in [0.25, 0.3) is 11.8 Å². The fourth-order valence-corrected chi connectivity index (χ4v) is 1.06. The molecule has 4 nitrogen and oxygen atoms in total. The van der Waals surface area contributed by atoms with E-state index in [-0.39, 0.29) is 18.4 Å². The molecule has 1 heterocycles. The number of ether oxygens (including phenoxy) is 1. The van der Waals surface area contributed by atoms with E-state index in [1.807, 2.05) is 0 Å². The predicted molar refractivity (Wildman–Crippen MR) is 51.5 cm³/mol. The molecule has 0 aromatic heterocycles. The van der Waals surface area contributed by atoms with Crippen LogP contribution < -0.4 is 5.32 Å². The van der Waals surface area contributed by atoms with Gasteiger partial charge in [-0.15, -0.1) is 0 Å². The summed E-state index contributed by atoms with van der Waals surface area (Å²) in [5.74, 6) is -0.0972. The molecule has 0 radical (unpaired) electrons. The zero-order valence-electron chi connectivity index (χ0n) is 8.50. The van der Waals surface area contributed by atoms with Crippen molar-refractivity contribution in [2.24, 2.45) is 5.92 Å². The van der Waals surface area contributed by atoms with Gasteiger partial charge in [0.2, 0.25) is 0 Å². The Bertz CT molecular complexity index is 269.